The van der Waals surface area contributed by atoms with E-state index in [1.165, 1.54) is 35.6 Å². The first kappa shape index (κ1) is 21.1. The molecule has 2 nitrogen and oxygen atoms in total. The molecule has 0 N–H and O–H groups in total. The number of benzene rings is 2. The molecule has 0 saturated carbocycles. The molecular weight excluding hydrogens is 388 g/mol. The Bertz CT molecular complexity index is 669. The largest absolute Gasteiger partial charge is 0.494 e. The van der Waals surface area contributed by atoms with Crippen LogP contribution in [0.4, 0.5) is 0 Å². The van der Waals surface area contributed by atoms with Gasteiger partial charge in [0.15, 0.2) is 0 Å². The lowest BCUT2D eigenvalue weighted by molar-refractivity contribution is 0.302. The molecule has 1 atom stereocenters. The number of hydrogen-bond donors (Lipinski definition) is 0. The predicted octanol–water partition coefficient (Wildman–Crippen LogP) is 7.30. The first-order valence-corrected chi connectivity index (χ1v) is 11.1. The summed E-state index contributed by atoms with van der Waals surface area (Å²) in [5, 5.41) is 2.51. The summed E-state index contributed by atoms with van der Waals surface area (Å²) in [4.78, 5) is 0.642. The van der Waals surface area contributed by atoms with Gasteiger partial charge < -0.3 is 9.47 Å². The maximum atomic E-state index is 6.11. The van der Waals surface area contributed by atoms with Crippen molar-refractivity contribution in [2.24, 2.45) is 0 Å². The van der Waals surface area contributed by atoms with E-state index in [0.717, 1.165) is 50.4 Å². The van der Waals surface area contributed by atoms with Gasteiger partial charge in [0.05, 0.1) is 13.2 Å². The van der Waals surface area contributed by atoms with Crippen LogP contribution in [0.5, 0.6) is 11.5 Å². The molecule has 0 saturated heterocycles. The van der Waals surface area contributed by atoms with E-state index < -0.39 is 0 Å². The highest BCUT2D eigenvalue weighted by Gasteiger charge is 2.09. The van der Waals surface area contributed by atoms with Crippen molar-refractivity contribution in [3.05, 3.63) is 35.9 Å². The van der Waals surface area contributed by atoms with Crippen LogP contribution in [0.2, 0.25) is 0 Å². The third-order valence-corrected chi connectivity index (χ3v) is 5.90. The van der Waals surface area contributed by atoms with Crippen molar-refractivity contribution < 1.29 is 9.47 Å². The third kappa shape index (κ3) is 6.19. The van der Waals surface area contributed by atoms with Gasteiger partial charge in [0.2, 0.25) is 0 Å². The van der Waals surface area contributed by atoms with E-state index in [1.807, 2.05) is 0 Å². The SMILES string of the molecule is CCCCOc1ccc2c(CC)c(OCCCCC(Br)CC)ccc2c1. The lowest BCUT2D eigenvalue weighted by Gasteiger charge is -2.14. The summed E-state index contributed by atoms with van der Waals surface area (Å²) in [6, 6.07) is 10.7. The van der Waals surface area contributed by atoms with Crippen molar-refractivity contribution in [2.75, 3.05) is 13.2 Å². The van der Waals surface area contributed by atoms with Crippen molar-refractivity contribution in [3.63, 3.8) is 0 Å². The zero-order chi connectivity index (χ0) is 18.8. The van der Waals surface area contributed by atoms with Gasteiger partial charge in [0.1, 0.15) is 11.5 Å². The van der Waals surface area contributed by atoms with Crippen LogP contribution in [0, 0.1) is 0 Å². The normalized spacial score (nSPS) is 12.3. The minimum atomic E-state index is 0.642. The van der Waals surface area contributed by atoms with Gasteiger partial charge in [-0.25, -0.2) is 0 Å². The Labute approximate surface area is 167 Å². The summed E-state index contributed by atoms with van der Waals surface area (Å²) in [5.74, 6) is 1.99. The number of halogens is 1. The number of alkyl halides is 1. The second-order valence-corrected chi connectivity index (χ2v) is 8.13. The quantitative estimate of drug-likeness (QED) is 0.264. The molecule has 0 bridgehead atoms. The van der Waals surface area contributed by atoms with Crippen molar-refractivity contribution >= 4 is 26.7 Å². The minimum absolute atomic E-state index is 0.642. The van der Waals surface area contributed by atoms with Gasteiger partial charge in [-0.2, -0.15) is 0 Å². The summed E-state index contributed by atoms with van der Waals surface area (Å²) >= 11 is 3.70. The fourth-order valence-electron chi connectivity index (χ4n) is 3.13. The highest BCUT2D eigenvalue weighted by molar-refractivity contribution is 9.09. The van der Waals surface area contributed by atoms with Crippen molar-refractivity contribution in [1.29, 1.82) is 0 Å². The maximum Gasteiger partial charge on any atom is 0.123 e. The van der Waals surface area contributed by atoms with E-state index in [2.05, 4.69) is 67.0 Å². The van der Waals surface area contributed by atoms with E-state index in [0.29, 0.717) is 4.83 Å². The van der Waals surface area contributed by atoms with Crippen LogP contribution in [-0.2, 0) is 6.42 Å². The van der Waals surface area contributed by atoms with Crippen LogP contribution in [0.15, 0.2) is 30.3 Å². The Morgan fingerprint density at radius 1 is 0.923 bits per heavy atom. The molecule has 0 radical (unpaired) electrons. The molecule has 2 aromatic rings. The summed E-state index contributed by atoms with van der Waals surface area (Å²) in [6.07, 6.45) is 7.95. The highest BCUT2D eigenvalue weighted by atomic mass is 79.9. The summed E-state index contributed by atoms with van der Waals surface area (Å²) in [6.45, 7) is 8.18. The molecule has 0 aliphatic heterocycles. The topological polar surface area (TPSA) is 18.5 Å². The molecule has 0 aliphatic carbocycles. The van der Waals surface area contributed by atoms with Gasteiger partial charge >= 0.3 is 0 Å². The molecule has 1 unspecified atom stereocenters. The maximum absolute atomic E-state index is 6.11. The average Bonchev–Trinajstić information content (AvgIpc) is 2.67. The van der Waals surface area contributed by atoms with Crippen molar-refractivity contribution in [2.45, 2.75) is 70.5 Å². The standard InChI is InChI=1S/C23H33BrO2/c1-4-7-15-25-20-12-13-22-18(17-20)11-14-23(21(22)6-3)26-16-9-8-10-19(24)5-2/h11-14,17,19H,4-10,15-16H2,1-3H3. The van der Waals surface area contributed by atoms with Crippen molar-refractivity contribution in [3.8, 4) is 11.5 Å². The number of fused-ring (bicyclic) bond motifs is 1. The molecule has 0 spiro atoms. The van der Waals surface area contributed by atoms with E-state index >= 15 is 0 Å². The molecule has 3 heteroatoms. The van der Waals surface area contributed by atoms with Gasteiger partial charge in [-0.3, -0.25) is 0 Å². The number of hydrogen-bond acceptors (Lipinski definition) is 2. The van der Waals surface area contributed by atoms with Crippen molar-refractivity contribution in [1.82, 2.24) is 0 Å². The van der Waals surface area contributed by atoms with Crippen LogP contribution in [0.25, 0.3) is 10.8 Å². The minimum Gasteiger partial charge on any atom is -0.494 e. The zero-order valence-electron chi connectivity index (χ0n) is 16.5. The monoisotopic (exact) mass is 420 g/mol. The Morgan fingerprint density at radius 2 is 1.73 bits per heavy atom. The summed E-state index contributed by atoms with van der Waals surface area (Å²) in [5.41, 5.74) is 1.30. The molecule has 0 fully saturated rings. The third-order valence-electron chi connectivity index (χ3n) is 4.79. The van der Waals surface area contributed by atoms with Crippen LogP contribution in [0.3, 0.4) is 0 Å². The smallest absolute Gasteiger partial charge is 0.123 e. The number of ether oxygens (including phenoxy) is 2. The van der Waals surface area contributed by atoms with E-state index in [1.54, 1.807) is 0 Å². The molecule has 0 aliphatic rings. The Morgan fingerprint density at radius 3 is 2.46 bits per heavy atom. The molecule has 0 amide bonds. The predicted molar refractivity (Wildman–Crippen MR) is 116 cm³/mol. The summed E-state index contributed by atoms with van der Waals surface area (Å²) < 4.78 is 12.0. The van der Waals surface area contributed by atoms with Crippen LogP contribution in [0.1, 0.15) is 64.9 Å². The Balaban J connectivity index is 2.00. The van der Waals surface area contributed by atoms with E-state index in [-0.39, 0.29) is 0 Å². The molecule has 2 aromatic carbocycles. The fraction of sp³-hybridized carbons (Fsp3) is 0.565. The molecular formula is C23H33BrO2. The highest BCUT2D eigenvalue weighted by Crippen LogP contribution is 2.31. The molecule has 0 heterocycles. The first-order valence-electron chi connectivity index (χ1n) is 10.1. The number of unbranched alkanes of at least 4 members (excludes halogenated alkanes) is 2. The van der Waals surface area contributed by atoms with Gasteiger partial charge in [-0.05, 0) is 67.5 Å². The van der Waals surface area contributed by atoms with Crippen LogP contribution < -0.4 is 9.47 Å². The first-order chi connectivity index (χ1) is 12.7. The van der Waals surface area contributed by atoms with Crippen LogP contribution >= 0.6 is 15.9 Å². The van der Waals surface area contributed by atoms with E-state index in [9.17, 15) is 0 Å². The molecule has 26 heavy (non-hydrogen) atoms. The Hall–Kier alpha value is -1.22. The lowest BCUT2D eigenvalue weighted by Crippen LogP contribution is -2.02. The van der Waals surface area contributed by atoms with Gasteiger partial charge in [-0.1, -0.05) is 55.3 Å². The van der Waals surface area contributed by atoms with Gasteiger partial charge in [0.25, 0.3) is 0 Å². The van der Waals surface area contributed by atoms with E-state index in [4.69, 9.17) is 9.47 Å². The second kappa shape index (κ2) is 11.5. The van der Waals surface area contributed by atoms with Gasteiger partial charge in [-0.15, -0.1) is 0 Å². The summed E-state index contributed by atoms with van der Waals surface area (Å²) in [7, 11) is 0. The molecule has 0 aromatic heterocycles. The average molecular weight is 421 g/mol. The lowest BCUT2D eigenvalue weighted by atomic mass is 10.0. The number of aryl methyl sites for hydroxylation is 1. The van der Waals surface area contributed by atoms with Crippen LogP contribution in [-0.4, -0.2) is 18.0 Å². The molecule has 2 rings (SSSR count). The zero-order valence-corrected chi connectivity index (χ0v) is 18.1. The number of rotatable bonds is 12. The fourth-order valence-corrected chi connectivity index (χ4v) is 3.45. The molecule has 144 valence electrons. The Kier molecular flexibility index (Phi) is 9.31. The van der Waals surface area contributed by atoms with Gasteiger partial charge in [0, 0.05) is 10.4 Å². The second-order valence-electron chi connectivity index (χ2n) is 6.83.